The summed E-state index contributed by atoms with van der Waals surface area (Å²) < 4.78 is 10.7. The fraction of sp³-hybridized carbons (Fsp3) is 0.474. The summed E-state index contributed by atoms with van der Waals surface area (Å²) in [6, 6.07) is 8.12. The number of fused-ring (bicyclic) bond motifs is 1. The maximum Gasteiger partial charge on any atom is 0.191 e. The predicted molar refractivity (Wildman–Crippen MR) is 109 cm³/mol. The standard InChI is InChI=1S/C19H25N5O2S/c1-13-20-17-16(23(13)2)18(24-8-10-26-11-9-24)22-19(21-17)27-12-14-4-6-15(25-3)7-5-14/h4-7,13H,8-12H2,1-3H3,(H,20,21,22). The molecule has 144 valence electrons. The Hall–Kier alpha value is -2.19. The topological polar surface area (TPSA) is 62.8 Å². The maximum absolute atomic E-state index is 5.51. The molecule has 8 heteroatoms. The number of rotatable bonds is 5. The largest absolute Gasteiger partial charge is 0.497 e. The summed E-state index contributed by atoms with van der Waals surface area (Å²) in [5, 5.41) is 4.26. The summed E-state index contributed by atoms with van der Waals surface area (Å²) in [4.78, 5) is 14.2. The third-order valence-electron chi connectivity index (χ3n) is 4.96. The van der Waals surface area contributed by atoms with E-state index in [0.29, 0.717) is 0 Å². The van der Waals surface area contributed by atoms with Gasteiger partial charge < -0.3 is 24.6 Å². The van der Waals surface area contributed by atoms with Gasteiger partial charge in [-0.05, 0) is 24.6 Å². The van der Waals surface area contributed by atoms with Crippen LogP contribution in [-0.2, 0) is 10.5 Å². The van der Waals surface area contributed by atoms with E-state index in [0.717, 1.165) is 60.3 Å². The van der Waals surface area contributed by atoms with Crippen molar-refractivity contribution < 1.29 is 9.47 Å². The quantitative estimate of drug-likeness (QED) is 0.621. The Morgan fingerprint density at radius 3 is 2.67 bits per heavy atom. The molecule has 1 atom stereocenters. The third kappa shape index (κ3) is 3.77. The Bertz CT molecular complexity index is 795. The van der Waals surface area contributed by atoms with Gasteiger partial charge in [0.1, 0.15) is 11.4 Å². The number of methoxy groups -OCH3 is 1. The van der Waals surface area contributed by atoms with Crippen molar-refractivity contribution in [2.24, 2.45) is 0 Å². The van der Waals surface area contributed by atoms with Crippen LogP contribution in [0.5, 0.6) is 5.75 Å². The fourth-order valence-corrected chi connectivity index (χ4v) is 4.06. The third-order valence-corrected chi connectivity index (χ3v) is 5.88. The van der Waals surface area contributed by atoms with Crippen LogP contribution < -0.4 is 19.9 Å². The highest BCUT2D eigenvalue weighted by Gasteiger charge is 2.31. The van der Waals surface area contributed by atoms with E-state index >= 15 is 0 Å². The molecule has 27 heavy (non-hydrogen) atoms. The highest BCUT2D eigenvalue weighted by atomic mass is 32.2. The first-order valence-electron chi connectivity index (χ1n) is 9.15. The van der Waals surface area contributed by atoms with Gasteiger partial charge in [0.2, 0.25) is 0 Å². The minimum absolute atomic E-state index is 0.205. The van der Waals surface area contributed by atoms with Gasteiger partial charge in [0.05, 0.1) is 26.5 Å². The van der Waals surface area contributed by atoms with Crippen molar-refractivity contribution in [1.29, 1.82) is 0 Å². The molecular formula is C19H25N5O2S. The van der Waals surface area contributed by atoms with E-state index in [-0.39, 0.29) is 6.17 Å². The molecule has 3 heterocycles. The molecule has 0 amide bonds. The summed E-state index contributed by atoms with van der Waals surface area (Å²) in [6.45, 7) is 5.32. The van der Waals surface area contributed by atoms with E-state index < -0.39 is 0 Å². The van der Waals surface area contributed by atoms with Crippen molar-refractivity contribution >= 4 is 29.1 Å². The molecule has 1 aromatic carbocycles. The second-order valence-corrected chi connectivity index (χ2v) is 7.64. The molecule has 0 saturated carbocycles. The number of aromatic nitrogens is 2. The van der Waals surface area contributed by atoms with Crippen molar-refractivity contribution in [2.75, 3.05) is 55.6 Å². The number of hydrogen-bond acceptors (Lipinski definition) is 8. The molecule has 2 aliphatic heterocycles. The second-order valence-electron chi connectivity index (χ2n) is 6.69. The molecule has 2 aliphatic rings. The minimum Gasteiger partial charge on any atom is -0.497 e. The number of nitrogens with zero attached hydrogens (tertiary/aromatic N) is 4. The Kier molecular flexibility index (Phi) is 5.27. The van der Waals surface area contributed by atoms with E-state index in [4.69, 9.17) is 19.4 Å². The van der Waals surface area contributed by atoms with Crippen molar-refractivity contribution in [2.45, 2.75) is 24.0 Å². The second kappa shape index (κ2) is 7.82. The summed E-state index contributed by atoms with van der Waals surface area (Å²) in [6.07, 6.45) is 0.205. The van der Waals surface area contributed by atoms with Crippen LogP contribution in [0.25, 0.3) is 0 Å². The summed E-state index contributed by atoms with van der Waals surface area (Å²) in [5.74, 6) is 3.60. The predicted octanol–water partition coefficient (Wildman–Crippen LogP) is 2.82. The van der Waals surface area contributed by atoms with E-state index in [9.17, 15) is 0 Å². The number of nitrogens with one attached hydrogen (secondary N) is 1. The molecule has 4 rings (SSSR count). The van der Waals surface area contributed by atoms with E-state index in [1.54, 1.807) is 18.9 Å². The van der Waals surface area contributed by atoms with Crippen molar-refractivity contribution in [1.82, 2.24) is 9.97 Å². The SMILES string of the molecule is COc1ccc(CSc2nc3c(c(N4CCOCC4)n2)N(C)C(C)N3)cc1. The molecule has 1 N–H and O–H groups in total. The number of hydrogen-bond donors (Lipinski definition) is 1. The lowest BCUT2D eigenvalue weighted by Gasteiger charge is -2.30. The maximum atomic E-state index is 5.51. The zero-order valence-corrected chi connectivity index (χ0v) is 16.8. The van der Waals surface area contributed by atoms with E-state index in [1.165, 1.54) is 5.56 Å². The summed E-state index contributed by atoms with van der Waals surface area (Å²) in [5.41, 5.74) is 2.30. The first-order valence-corrected chi connectivity index (χ1v) is 10.1. The minimum atomic E-state index is 0.205. The van der Waals surface area contributed by atoms with Crippen LogP contribution in [0, 0.1) is 0 Å². The molecule has 7 nitrogen and oxygen atoms in total. The molecule has 1 unspecified atom stereocenters. The van der Waals surface area contributed by atoms with Crippen LogP contribution >= 0.6 is 11.8 Å². The van der Waals surface area contributed by atoms with Crippen LogP contribution in [0.3, 0.4) is 0 Å². The van der Waals surface area contributed by atoms with Crippen LogP contribution in [-0.4, -0.2) is 56.6 Å². The van der Waals surface area contributed by atoms with Gasteiger partial charge in [0.15, 0.2) is 16.8 Å². The lowest BCUT2D eigenvalue weighted by atomic mass is 10.2. The van der Waals surface area contributed by atoms with E-state index in [1.807, 2.05) is 12.1 Å². The van der Waals surface area contributed by atoms with E-state index in [2.05, 4.69) is 41.2 Å². The fourth-order valence-electron chi connectivity index (χ4n) is 3.27. The Balaban J connectivity index is 1.58. The lowest BCUT2D eigenvalue weighted by molar-refractivity contribution is 0.122. The number of thioether (sulfide) groups is 1. The molecule has 1 saturated heterocycles. The molecule has 2 aromatic rings. The Morgan fingerprint density at radius 2 is 1.96 bits per heavy atom. The first kappa shape index (κ1) is 18.2. The van der Waals surface area contributed by atoms with Crippen molar-refractivity contribution in [3.8, 4) is 5.75 Å². The number of morpholine rings is 1. The van der Waals surface area contributed by atoms with Gasteiger partial charge in [0, 0.05) is 25.9 Å². The molecule has 1 aromatic heterocycles. The summed E-state index contributed by atoms with van der Waals surface area (Å²) >= 11 is 1.65. The van der Waals surface area contributed by atoms with Crippen molar-refractivity contribution in [3.63, 3.8) is 0 Å². The first-order chi connectivity index (χ1) is 13.2. The average Bonchev–Trinajstić information content (AvgIpc) is 3.00. The Labute approximate surface area is 164 Å². The van der Waals surface area contributed by atoms with Gasteiger partial charge in [-0.2, -0.15) is 0 Å². The van der Waals surface area contributed by atoms with Gasteiger partial charge in [-0.25, -0.2) is 9.97 Å². The average molecular weight is 388 g/mol. The number of ether oxygens (including phenoxy) is 2. The van der Waals surface area contributed by atoms with Crippen LogP contribution in [0.4, 0.5) is 17.3 Å². The molecular weight excluding hydrogens is 362 g/mol. The molecule has 0 spiro atoms. The zero-order chi connectivity index (χ0) is 18.8. The zero-order valence-electron chi connectivity index (χ0n) is 15.9. The van der Waals surface area contributed by atoms with Crippen LogP contribution in [0.2, 0.25) is 0 Å². The van der Waals surface area contributed by atoms with Gasteiger partial charge in [0.25, 0.3) is 0 Å². The normalized spacial score (nSPS) is 19.0. The smallest absolute Gasteiger partial charge is 0.191 e. The molecule has 0 aliphatic carbocycles. The highest BCUT2D eigenvalue weighted by Crippen LogP contribution is 2.41. The van der Waals surface area contributed by atoms with Gasteiger partial charge >= 0.3 is 0 Å². The number of benzene rings is 1. The van der Waals surface area contributed by atoms with Crippen LogP contribution in [0.1, 0.15) is 12.5 Å². The highest BCUT2D eigenvalue weighted by molar-refractivity contribution is 7.98. The molecule has 1 fully saturated rings. The van der Waals surface area contributed by atoms with Crippen LogP contribution in [0.15, 0.2) is 29.4 Å². The Morgan fingerprint density at radius 1 is 1.22 bits per heavy atom. The lowest BCUT2D eigenvalue weighted by Crippen LogP contribution is -2.38. The number of anilines is 3. The molecule has 0 bridgehead atoms. The van der Waals surface area contributed by atoms with Gasteiger partial charge in [-0.15, -0.1) is 0 Å². The van der Waals surface area contributed by atoms with Gasteiger partial charge in [-0.3, -0.25) is 0 Å². The van der Waals surface area contributed by atoms with Gasteiger partial charge in [-0.1, -0.05) is 23.9 Å². The summed E-state index contributed by atoms with van der Waals surface area (Å²) in [7, 11) is 3.77. The monoisotopic (exact) mass is 387 g/mol. The van der Waals surface area contributed by atoms with Crippen molar-refractivity contribution in [3.05, 3.63) is 29.8 Å². The molecule has 0 radical (unpaired) electrons.